The van der Waals surface area contributed by atoms with Crippen molar-refractivity contribution in [1.29, 1.82) is 0 Å². The Kier molecular flexibility index (Phi) is 7.19. The molecule has 2 N–H and O–H groups in total. The van der Waals surface area contributed by atoms with Crippen LogP contribution in [0.1, 0.15) is 40.6 Å². The highest BCUT2D eigenvalue weighted by Crippen LogP contribution is 2.36. The highest BCUT2D eigenvalue weighted by Gasteiger charge is 2.34. The molecule has 0 saturated carbocycles. The van der Waals surface area contributed by atoms with Crippen molar-refractivity contribution < 1.29 is 29.0 Å². The van der Waals surface area contributed by atoms with Gasteiger partial charge in [-0.05, 0) is 62.2 Å². The predicted octanol–water partition coefficient (Wildman–Crippen LogP) is 5.65. The van der Waals surface area contributed by atoms with E-state index < -0.39 is 23.5 Å². The standard InChI is InChI=1S/C33H29N3O7/c1-19-25-17-22(42-21-8-4-3-5-9-21)11-13-24(25)31(38)29(34-19)32(39)35(2)30(33(40)41)26-18-28(37)43-27-16-20(10-12-23(26)27)36-14-6-7-15-36/h3-5,8-13,16-18,30,38H,6-7,14-15H2,1-2H3,(H,40,41). The number of rotatable bonds is 7. The molecule has 1 atom stereocenters. The van der Waals surface area contributed by atoms with E-state index in [1.807, 2.05) is 36.4 Å². The first-order chi connectivity index (χ1) is 20.7. The van der Waals surface area contributed by atoms with Crippen molar-refractivity contribution in [2.45, 2.75) is 25.8 Å². The lowest BCUT2D eigenvalue weighted by Gasteiger charge is -2.26. The molecule has 6 rings (SSSR count). The zero-order valence-corrected chi connectivity index (χ0v) is 23.6. The molecule has 10 nitrogen and oxygen atoms in total. The minimum atomic E-state index is -1.56. The number of fused-ring (bicyclic) bond motifs is 2. The molecular formula is C33H29N3O7. The molecule has 1 amide bonds. The first-order valence-electron chi connectivity index (χ1n) is 13.9. The number of carbonyl (C=O) groups is 2. The fraction of sp³-hybridized carbons (Fsp3) is 0.212. The average molecular weight is 580 g/mol. The number of amides is 1. The molecule has 1 aliphatic heterocycles. The molecule has 10 heteroatoms. The molecule has 2 aromatic heterocycles. The van der Waals surface area contributed by atoms with Crippen molar-refractivity contribution >= 4 is 39.3 Å². The number of carbonyl (C=O) groups excluding carboxylic acids is 1. The average Bonchev–Trinajstić information content (AvgIpc) is 3.54. The Labute approximate surface area is 246 Å². The zero-order chi connectivity index (χ0) is 30.2. The molecule has 1 fully saturated rings. The predicted molar refractivity (Wildman–Crippen MR) is 161 cm³/mol. The van der Waals surface area contributed by atoms with Crippen LogP contribution < -0.4 is 15.3 Å². The number of aliphatic carboxylic acids is 1. The zero-order valence-electron chi connectivity index (χ0n) is 23.6. The molecular weight excluding hydrogens is 550 g/mol. The summed E-state index contributed by atoms with van der Waals surface area (Å²) in [7, 11) is 1.30. The minimum absolute atomic E-state index is 0.0993. The van der Waals surface area contributed by atoms with Gasteiger partial charge in [0.15, 0.2) is 17.5 Å². The maximum atomic E-state index is 13.7. The van der Waals surface area contributed by atoms with Crippen LogP contribution in [0.5, 0.6) is 17.2 Å². The second kappa shape index (κ2) is 11.1. The van der Waals surface area contributed by atoms with Crippen molar-refractivity contribution in [2.24, 2.45) is 0 Å². The molecule has 1 unspecified atom stereocenters. The Balaban J connectivity index is 1.36. The van der Waals surface area contributed by atoms with Gasteiger partial charge < -0.3 is 29.2 Å². The van der Waals surface area contributed by atoms with Crippen molar-refractivity contribution in [2.75, 3.05) is 25.0 Å². The van der Waals surface area contributed by atoms with Gasteiger partial charge in [0.2, 0.25) is 0 Å². The molecule has 0 bridgehead atoms. The number of aromatic nitrogens is 1. The molecule has 3 aromatic carbocycles. The smallest absolute Gasteiger partial charge is 0.336 e. The molecule has 5 aromatic rings. The summed E-state index contributed by atoms with van der Waals surface area (Å²) in [4.78, 5) is 46.4. The second-order valence-electron chi connectivity index (χ2n) is 10.6. The van der Waals surface area contributed by atoms with Gasteiger partial charge in [0, 0.05) is 65.4 Å². The summed E-state index contributed by atoms with van der Waals surface area (Å²) in [6.07, 6.45) is 2.13. The van der Waals surface area contributed by atoms with Gasteiger partial charge in [-0.25, -0.2) is 14.6 Å². The lowest BCUT2D eigenvalue weighted by Crippen LogP contribution is -2.37. The van der Waals surface area contributed by atoms with Crippen LogP contribution in [0.2, 0.25) is 0 Å². The number of hydrogen-bond donors (Lipinski definition) is 2. The summed E-state index contributed by atoms with van der Waals surface area (Å²) in [5.41, 5.74) is 0.607. The highest BCUT2D eigenvalue weighted by molar-refractivity contribution is 6.04. The van der Waals surface area contributed by atoms with Gasteiger partial charge >= 0.3 is 11.6 Å². The number of para-hydroxylation sites is 1. The first kappa shape index (κ1) is 27.8. The van der Waals surface area contributed by atoms with Gasteiger partial charge in [-0.1, -0.05) is 18.2 Å². The summed E-state index contributed by atoms with van der Waals surface area (Å²) in [6.45, 7) is 3.45. The normalized spacial score (nSPS) is 13.8. The lowest BCUT2D eigenvalue weighted by atomic mass is 10.0. The fourth-order valence-electron chi connectivity index (χ4n) is 5.64. The topological polar surface area (TPSA) is 133 Å². The van der Waals surface area contributed by atoms with Gasteiger partial charge in [0.1, 0.15) is 17.1 Å². The summed E-state index contributed by atoms with van der Waals surface area (Å²) in [6, 6.07) is 19.0. The van der Waals surface area contributed by atoms with Crippen LogP contribution in [0, 0.1) is 6.92 Å². The number of carboxylic acid groups (broad SMARTS) is 1. The number of nitrogens with zero attached hydrogens (tertiary/aromatic N) is 3. The summed E-state index contributed by atoms with van der Waals surface area (Å²) < 4.78 is 11.3. The van der Waals surface area contributed by atoms with E-state index in [1.165, 1.54) is 7.05 Å². The van der Waals surface area contributed by atoms with Crippen LogP contribution in [0.3, 0.4) is 0 Å². The van der Waals surface area contributed by atoms with Crippen LogP contribution >= 0.6 is 0 Å². The number of aryl methyl sites for hydroxylation is 1. The Morgan fingerprint density at radius 1 is 0.953 bits per heavy atom. The Morgan fingerprint density at radius 2 is 1.67 bits per heavy atom. The number of likely N-dealkylation sites (N-methyl/N-ethyl adjacent to an activating group) is 1. The van der Waals surface area contributed by atoms with E-state index in [2.05, 4.69) is 9.88 Å². The van der Waals surface area contributed by atoms with E-state index in [0.29, 0.717) is 33.4 Å². The maximum absolute atomic E-state index is 13.7. The molecule has 1 saturated heterocycles. The van der Waals surface area contributed by atoms with Gasteiger partial charge in [0.05, 0.1) is 0 Å². The number of anilines is 1. The van der Waals surface area contributed by atoms with Crippen LogP contribution in [0.15, 0.2) is 82.0 Å². The molecule has 1 aliphatic rings. The first-order valence-corrected chi connectivity index (χ1v) is 13.9. The molecule has 0 spiro atoms. The number of carboxylic acids is 1. The van der Waals surface area contributed by atoms with E-state index in [4.69, 9.17) is 9.15 Å². The number of benzene rings is 3. The SMILES string of the molecule is Cc1nc(C(=O)N(C)C(C(=O)O)c2cc(=O)oc3cc(N4CCCC4)ccc23)c(O)c2ccc(Oc3ccccc3)cc12. The highest BCUT2D eigenvalue weighted by atomic mass is 16.5. The molecule has 0 aliphatic carbocycles. The minimum Gasteiger partial charge on any atom is -0.505 e. The summed E-state index contributed by atoms with van der Waals surface area (Å²) >= 11 is 0. The van der Waals surface area contributed by atoms with Crippen LogP contribution in [-0.2, 0) is 4.79 Å². The van der Waals surface area contributed by atoms with Crippen molar-refractivity contribution in [3.8, 4) is 17.2 Å². The van der Waals surface area contributed by atoms with Crippen molar-refractivity contribution in [1.82, 2.24) is 9.88 Å². The van der Waals surface area contributed by atoms with Crippen molar-refractivity contribution in [3.63, 3.8) is 0 Å². The third-order valence-corrected chi connectivity index (χ3v) is 7.79. The van der Waals surface area contributed by atoms with Crippen molar-refractivity contribution in [3.05, 3.63) is 100 Å². The second-order valence-corrected chi connectivity index (χ2v) is 10.6. The largest absolute Gasteiger partial charge is 0.505 e. The Morgan fingerprint density at radius 3 is 2.40 bits per heavy atom. The lowest BCUT2D eigenvalue weighted by molar-refractivity contribution is -0.142. The van der Waals surface area contributed by atoms with Gasteiger partial charge in [-0.15, -0.1) is 0 Å². The molecule has 3 heterocycles. The van der Waals surface area contributed by atoms with Gasteiger partial charge in [-0.2, -0.15) is 0 Å². The number of ether oxygens (including phenoxy) is 1. The fourth-order valence-corrected chi connectivity index (χ4v) is 5.64. The Hall–Kier alpha value is -5.38. The van der Waals surface area contributed by atoms with Gasteiger partial charge in [0.25, 0.3) is 5.91 Å². The Bertz CT molecular complexity index is 1930. The summed E-state index contributed by atoms with van der Waals surface area (Å²) in [5, 5.41) is 22.8. The van der Waals surface area contributed by atoms with E-state index in [0.717, 1.165) is 42.6 Å². The molecule has 43 heavy (non-hydrogen) atoms. The maximum Gasteiger partial charge on any atom is 0.336 e. The number of aromatic hydroxyl groups is 1. The summed E-state index contributed by atoms with van der Waals surface area (Å²) in [5.74, 6) is -1.41. The quantitative estimate of drug-likeness (QED) is 0.235. The van der Waals surface area contributed by atoms with Crippen LogP contribution in [0.25, 0.3) is 21.7 Å². The van der Waals surface area contributed by atoms with Crippen LogP contribution in [-0.4, -0.2) is 52.1 Å². The third-order valence-electron chi connectivity index (χ3n) is 7.79. The molecule has 218 valence electrons. The van der Waals surface area contributed by atoms with E-state index in [1.54, 1.807) is 37.3 Å². The number of pyridine rings is 1. The van der Waals surface area contributed by atoms with Gasteiger partial charge in [-0.3, -0.25) is 4.79 Å². The van der Waals surface area contributed by atoms with E-state index >= 15 is 0 Å². The van der Waals surface area contributed by atoms with E-state index in [-0.39, 0.29) is 22.6 Å². The monoisotopic (exact) mass is 579 g/mol. The third kappa shape index (κ3) is 5.23. The molecule has 0 radical (unpaired) electrons. The number of hydrogen-bond acceptors (Lipinski definition) is 8. The van der Waals surface area contributed by atoms with E-state index in [9.17, 15) is 24.6 Å². The van der Waals surface area contributed by atoms with Crippen LogP contribution in [0.4, 0.5) is 5.69 Å².